The zero-order valence-electron chi connectivity index (χ0n) is 15.1. The van der Waals surface area contributed by atoms with Crippen LogP contribution in [0.4, 0.5) is 0 Å². The van der Waals surface area contributed by atoms with Gasteiger partial charge in [-0.2, -0.15) is 0 Å². The van der Waals surface area contributed by atoms with E-state index in [1.54, 1.807) is 30.3 Å². The Morgan fingerprint density at radius 2 is 1.21 bits per heavy atom. The molecule has 0 aromatic heterocycles. The lowest BCUT2D eigenvalue weighted by Crippen LogP contribution is -2.17. The first-order valence-electron chi connectivity index (χ1n) is 9.21. The first-order chi connectivity index (χ1) is 13.7. The molecule has 0 bridgehead atoms. The minimum absolute atomic E-state index is 0.419. The Kier molecular flexibility index (Phi) is 3.77. The van der Waals surface area contributed by atoms with Crippen molar-refractivity contribution in [1.82, 2.24) is 0 Å². The lowest BCUT2D eigenvalue weighted by molar-refractivity contribution is 0.0817. The fourth-order valence-electron chi connectivity index (χ4n) is 3.83. The van der Waals surface area contributed by atoms with Crippen molar-refractivity contribution in [2.75, 3.05) is 0 Å². The van der Waals surface area contributed by atoms with Gasteiger partial charge in [-0.15, -0.1) is 0 Å². The molecule has 1 aliphatic carbocycles. The summed E-state index contributed by atoms with van der Waals surface area (Å²) in [5, 5.41) is 0. The van der Waals surface area contributed by atoms with Crippen LogP contribution in [-0.4, -0.2) is 11.6 Å². The van der Waals surface area contributed by atoms with Crippen molar-refractivity contribution in [1.29, 1.82) is 0 Å². The molecule has 0 radical (unpaired) electrons. The van der Waals surface area contributed by atoms with Crippen molar-refractivity contribution in [2.45, 2.75) is 0 Å². The van der Waals surface area contributed by atoms with Crippen LogP contribution in [-0.2, 0) is 0 Å². The van der Waals surface area contributed by atoms with Crippen LogP contribution in [0.15, 0.2) is 97.1 Å². The summed E-state index contributed by atoms with van der Waals surface area (Å²) in [4.78, 5) is 25.7. The summed E-state index contributed by atoms with van der Waals surface area (Å²) in [5.74, 6) is -0.930. The number of Topliss-reactive ketones (excluding diaryl/α,β-unsaturated/α-hetero) is 2. The smallest absolute Gasteiger partial charge is 0.234 e. The van der Waals surface area contributed by atoms with Crippen LogP contribution in [0.25, 0.3) is 33.4 Å². The molecule has 0 aliphatic heterocycles. The van der Waals surface area contributed by atoms with E-state index in [0.29, 0.717) is 11.1 Å². The Morgan fingerprint density at radius 3 is 1.96 bits per heavy atom. The van der Waals surface area contributed by atoms with Crippen molar-refractivity contribution >= 4 is 11.6 Å². The van der Waals surface area contributed by atoms with Crippen LogP contribution in [0, 0.1) is 0 Å². The van der Waals surface area contributed by atoms with E-state index in [0.717, 1.165) is 33.4 Å². The summed E-state index contributed by atoms with van der Waals surface area (Å²) in [5.41, 5.74) is 7.18. The molecule has 5 rings (SSSR count). The third kappa shape index (κ3) is 2.50. The van der Waals surface area contributed by atoms with E-state index >= 15 is 0 Å². The number of fused-ring (bicyclic) bond motifs is 4. The maximum atomic E-state index is 13.0. The van der Waals surface area contributed by atoms with Gasteiger partial charge in [-0.3, -0.25) is 9.59 Å². The van der Waals surface area contributed by atoms with Crippen LogP contribution in [0.3, 0.4) is 0 Å². The van der Waals surface area contributed by atoms with Crippen molar-refractivity contribution < 1.29 is 9.59 Å². The highest BCUT2D eigenvalue weighted by atomic mass is 16.2. The summed E-state index contributed by atoms with van der Waals surface area (Å²) in [6.07, 6.45) is 0. The van der Waals surface area contributed by atoms with Gasteiger partial charge in [0.2, 0.25) is 11.6 Å². The van der Waals surface area contributed by atoms with Crippen LogP contribution in [0.5, 0.6) is 0 Å². The molecule has 0 spiro atoms. The van der Waals surface area contributed by atoms with Gasteiger partial charge in [-0.05, 0) is 33.9 Å². The van der Waals surface area contributed by atoms with E-state index < -0.39 is 11.6 Å². The second-order valence-electron chi connectivity index (χ2n) is 6.88. The van der Waals surface area contributed by atoms with Crippen LogP contribution in [0.1, 0.15) is 20.7 Å². The predicted molar refractivity (Wildman–Crippen MR) is 111 cm³/mol. The van der Waals surface area contributed by atoms with E-state index in [1.165, 1.54) is 0 Å². The number of carbonyl (C=O) groups excluding carboxylic acids is 2. The van der Waals surface area contributed by atoms with Gasteiger partial charge in [0.1, 0.15) is 0 Å². The number of ketones is 2. The monoisotopic (exact) mass is 360 g/mol. The lowest BCUT2D eigenvalue weighted by Gasteiger charge is -2.27. The molecule has 0 saturated heterocycles. The number of benzene rings is 4. The van der Waals surface area contributed by atoms with E-state index in [1.807, 2.05) is 36.4 Å². The standard InChI is InChI=1S/C26H16O2/c27-25(18-10-5-2-6-11-18)26(28)22-13-7-12-21-20-15-14-19(16-23(20)24(21)22)17-8-3-1-4-9-17/h1-16H. The third-order valence-electron chi connectivity index (χ3n) is 5.24. The molecule has 2 nitrogen and oxygen atoms in total. The van der Waals surface area contributed by atoms with Gasteiger partial charge in [0.25, 0.3) is 0 Å². The second-order valence-corrected chi connectivity index (χ2v) is 6.88. The summed E-state index contributed by atoms with van der Waals surface area (Å²) in [6, 6.07) is 30.8. The Hall–Kier alpha value is -3.78. The van der Waals surface area contributed by atoms with Crippen molar-refractivity contribution in [3.05, 3.63) is 108 Å². The van der Waals surface area contributed by atoms with Crippen molar-refractivity contribution in [2.24, 2.45) is 0 Å². The molecule has 28 heavy (non-hydrogen) atoms. The first-order valence-corrected chi connectivity index (χ1v) is 9.21. The quantitative estimate of drug-likeness (QED) is 0.288. The largest absolute Gasteiger partial charge is 0.285 e. The summed E-state index contributed by atoms with van der Waals surface area (Å²) < 4.78 is 0. The van der Waals surface area contributed by atoms with Gasteiger partial charge in [-0.25, -0.2) is 0 Å². The number of carbonyl (C=O) groups is 2. The summed E-state index contributed by atoms with van der Waals surface area (Å²) in [6.45, 7) is 0. The SMILES string of the molecule is O=C(C(=O)c1cccc2c1-c1cc(-c3ccccc3)ccc1-2)c1ccccc1. The van der Waals surface area contributed by atoms with Crippen molar-refractivity contribution in [3.63, 3.8) is 0 Å². The van der Waals surface area contributed by atoms with Crippen LogP contribution < -0.4 is 0 Å². The zero-order chi connectivity index (χ0) is 19.1. The minimum Gasteiger partial charge on any atom is -0.285 e. The van der Waals surface area contributed by atoms with Gasteiger partial charge in [0.05, 0.1) is 0 Å². The fraction of sp³-hybridized carbons (Fsp3) is 0. The maximum Gasteiger partial charge on any atom is 0.234 e. The second kappa shape index (κ2) is 6.43. The molecular formula is C26H16O2. The fourth-order valence-corrected chi connectivity index (χ4v) is 3.83. The Labute approximate surface area is 163 Å². The zero-order valence-corrected chi connectivity index (χ0v) is 15.1. The van der Waals surface area contributed by atoms with Crippen LogP contribution in [0.2, 0.25) is 0 Å². The maximum absolute atomic E-state index is 13.0. The molecule has 4 aromatic carbocycles. The van der Waals surface area contributed by atoms with Crippen molar-refractivity contribution in [3.8, 4) is 33.4 Å². The van der Waals surface area contributed by atoms with E-state index in [4.69, 9.17) is 0 Å². The number of rotatable bonds is 4. The predicted octanol–water partition coefficient (Wildman–Crippen LogP) is 6.07. The molecule has 132 valence electrons. The number of hydrogen-bond donors (Lipinski definition) is 0. The van der Waals surface area contributed by atoms with Crippen LogP contribution >= 0.6 is 0 Å². The molecule has 1 aliphatic rings. The Bertz CT molecular complexity index is 1220. The molecule has 0 N–H and O–H groups in total. The first kappa shape index (κ1) is 16.4. The molecule has 2 heteroatoms. The molecule has 0 heterocycles. The molecular weight excluding hydrogens is 344 g/mol. The minimum atomic E-state index is -0.471. The average molecular weight is 360 g/mol. The van der Waals surface area contributed by atoms with E-state index in [-0.39, 0.29) is 0 Å². The Morgan fingerprint density at radius 1 is 0.500 bits per heavy atom. The van der Waals surface area contributed by atoms with E-state index in [9.17, 15) is 9.59 Å². The highest BCUT2D eigenvalue weighted by Gasteiger charge is 2.30. The van der Waals surface area contributed by atoms with Gasteiger partial charge in [0, 0.05) is 16.7 Å². The van der Waals surface area contributed by atoms with Gasteiger partial charge >= 0.3 is 0 Å². The topological polar surface area (TPSA) is 34.1 Å². The third-order valence-corrected chi connectivity index (χ3v) is 5.24. The molecule has 0 amide bonds. The van der Waals surface area contributed by atoms with E-state index in [2.05, 4.69) is 30.3 Å². The molecule has 0 saturated carbocycles. The highest BCUT2D eigenvalue weighted by molar-refractivity contribution is 6.50. The molecule has 0 atom stereocenters. The molecule has 0 unspecified atom stereocenters. The van der Waals surface area contributed by atoms with Gasteiger partial charge < -0.3 is 0 Å². The normalized spacial score (nSPS) is 11.1. The van der Waals surface area contributed by atoms with Gasteiger partial charge in [-0.1, -0.05) is 91.0 Å². The molecule has 4 aromatic rings. The lowest BCUT2D eigenvalue weighted by atomic mass is 9.75. The number of hydrogen-bond acceptors (Lipinski definition) is 2. The summed E-state index contributed by atoms with van der Waals surface area (Å²) >= 11 is 0. The average Bonchev–Trinajstić information content (AvgIpc) is 2.77. The molecule has 0 fully saturated rings. The Balaban J connectivity index is 1.57. The highest BCUT2D eigenvalue weighted by Crippen LogP contribution is 2.50. The van der Waals surface area contributed by atoms with Gasteiger partial charge in [0.15, 0.2) is 0 Å². The summed E-state index contributed by atoms with van der Waals surface area (Å²) in [7, 11) is 0.